The molecular formula is C27H32O2. The van der Waals surface area contributed by atoms with Crippen LogP contribution in [0.1, 0.15) is 19.3 Å². The molecule has 0 saturated heterocycles. The van der Waals surface area contributed by atoms with Crippen LogP contribution in [0.4, 0.5) is 0 Å². The Morgan fingerprint density at radius 3 is 1.52 bits per heavy atom. The summed E-state index contributed by atoms with van der Waals surface area (Å²) < 4.78 is 13.8. The third-order valence-corrected chi connectivity index (χ3v) is 10.0. The summed E-state index contributed by atoms with van der Waals surface area (Å²) in [6.07, 6.45) is 20.8. The van der Waals surface area contributed by atoms with Crippen molar-refractivity contribution in [1.29, 1.82) is 0 Å². The highest BCUT2D eigenvalue weighted by Gasteiger charge is 3.00. The van der Waals surface area contributed by atoms with Crippen molar-refractivity contribution in [3.05, 3.63) is 74.9 Å². The molecule has 2 bridgehead atoms. The van der Waals surface area contributed by atoms with E-state index < -0.39 is 0 Å². The molecule has 10 atom stereocenters. The quantitative estimate of drug-likeness (QED) is 0.474. The maximum Gasteiger partial charge on any atom is 0.0858 e. The second kappa shape index (κ2) is 5.53. The molecular weight excluding hydrogens is 356 g/mol. The van der Waals surface area contributed by atoms with Gasteiger partial charge in [0.1, 0.15) is 0 Å². The van der Waals surface area contributed by atoms with Crippen LogP contribution in [0, 0.1) is 46.3 Å². The van der Waals surface area contributed by atoms with E-state index in [-0.39, 0.29) is 22.0 Å². The second-order valence-electron chi connectivity index (χ2n) is 10.1. The maximum atomic E-state index is 6.90. The molecule has 152 valence electrons. The molecule has 4 unspecified atom stereocenters. The van der Waals surface area contributed by atoms with Crippen LogP contribution in [0.5, 0.6) is 0 Å². The van der Waals surface area contributed by atoms with Crippen LogP contribution < -0.4 is 0 Å². The van der Waals surface area contributed by atoms with Crippen LogP contribution in [0.15, 0.2) is 74.9 Å². The standard InChI is InChI=1S/C27H32O2/c1-5-11-26(28-15-7-3)22-18-17-19-21-20(18)24(26)13-9-10-14-25(21,24)27(12-6-2,23(19)22)29-16-8-4/h5-10,13-14,18-23H,1-4,11-12,15-17H2/t18-,19+,20?,21?,22?,23?,24+,25-,26-,27+. The van der Waals surface area contributed by atoms with Crippen molar-refractivity contribution in [2.24, 2.45) is 46.3 Å². The average molecular weight is 389 g/mol. The lowest BCUT2D eigenvalue weighted by Crippen LogP contribution is -2.78. The minimum atomic E-state index is -0.200. The summed E-state index contributed by atoms with van der Waals surface area (Å²) in [5, 5.41) is 0. The summed E-state index contributed by atoms with van der Waals surface area (Å²) in [6.45, 7) is 17.5. The number of rotatable bonds is 10. The van der Waals surface area contributed by atoms with Gasteiger partial charge in [-0.25, -0.2) is 0 Å². The Labute approximate surface area is 174 Å². The Bertz CT molecular complexity index is 798. The van der Waals surface area contributed by atoms with Crippen molar-refractivity contribution >= 4 is 0 Å². The van der Waals surface area contributed by atoms with Gasteiger partial charge in [0.25, 0.3) is 0 Å². The number of fused-ring (bicyclic) bond motifs is 1. The summed E-state index contributed by atoms with van der Waals surface area (Å²) in [6, 6.07) is 0. The van der Waals surface area contributed by atoms with Gasteiger partial charge in [-0.05, 0) is 54.8 Å². The van der Waals surface area contributed by atoms with Crippen LogP contribution >= 0.6 is 0 Å². The first-order chi connectivity index (χ1) is 14.2. The second-order valence-corrected chi connectivity index (χ2v) is 10.1. The van der Waals surface area contributed by atoms with Crippen molar-refractivity contribution < 1.29 is 9.47 Å². The lowest BCUT2D eigenvalue weighted by Gasteiger charge is -2.74. The number of allylic oxidation sites excluding steroid dienone is 2. The third kappa shape index (κ3) is 1.44. The van der Waals surface area contributed by atoms with Crippen molar-refractivity contribution in [2.45, 2.75) is 30.5 Å². The van der Waals surface area contributed by atoms with Gasteiger partial charge in [0.05, 0.1) is 24.4 Å². The highest BCUT2D eigenvalue weighted by molar-refractivity contribution is 5.56. The zero-order chi connectivity index (χ0) is 20.1. The Morgan fingerprint density at radius 1 is 0.690 bits per heavy atom. The molecule has 5 fully saturated rings. The van der Waals surface area contributed by atoms with Crippen LogP contribution in [-0.4, -0.2) is 24.4 Å². The monoisotopic (exact) mass is 388 g/mol. The van der Waals surface area contributed by atoms with Crippen LogP contribution in [-0.2, 0) is 9.47 Å². The van der Waals surface area contributed by atoms with E-state index in [1.165, 1.54) is 6.42 Å². The van der Waals surface area contributed by atoms with Crippen LogP contribution in [0.25, 0.3) is 0 Å². The van der Waals surface area contributed by atoms with E-state index in [2.05, 4.69) is 62.8 Å². The van der Waals surface area contributed by atoms with E-state index in [0.29, 0.717) is 36.9 Å². The predicted molar refractivity (Wildman–Crippen MR) is 116 cm³/mol. The van der Waals surface area contributed by atoms with Gasteiger partial charge in [-0.1, -0.05) is 48.6 Å². The third-order valence-electron chi connectivity index (χ3n) is 10.0. The van der Waals surface area contributed by atoms with Gasteiger partial charge in [0, 0.05) is 10.8 Å². The van der Waals surface area contributed by atoms with E-state index in [4.69, 9.17) is 9.47 Å². The Morgan fingerprint density at radius 2 is 1.14 bits per heavy atom. The fourth-order valence-corrected chi connectivity index (χ4v) is 10.4. The van der Waals surface area contributed by atoms with Gasteiger partial charge in [0.15, 0.2) is 0 Å². The zero-order valence-electron chi connectivity index (χ0n) is 17.3. The molecule has 2 nitrogen and oxygen atoms in total. The van der Waals surface area contributed by atoms with Gasteiger partial charge >= 0.3 is 0 Å². The van der Waals surface area contributed by atoms with Gasteiger partial charge in [0.2, 0.25) is 0 Å². The first kappa shape index (κ1) is 18.2. The molecule has 6 aliphatic carbocycles. The number of hydrogen-bond acceptors (Lipinski definition) is 2. The fourth-order valence-electron chi connectivity index (χ4n) is 10.4. The molecule has 0 aromatic heterocycles. The summed E-state index contributed by atoms with van der Waals surface area (Å²) >= 11 is 0. The SMILES string of the molecule is C=CCO[C@@]1(CC=C)C2C3[C@@H]4C[C@H]2C2C4[C@]4(C=CC=C[C@@]241)[C@]3(CC=C)OCC=C. The van der Waals surface area contributed by atoms with Crippen molar-refractivity contribution in [3.63, 3.8) is 0 Å². The minimum absolute atomic E-state index is 0.0160. The largest absolute Gasteiger partial charge is 0.369 e. The highest BCUT2D eigenvalue weighted by atomic mass is 16.5. The lowest BCUT2D eigenvalue weighted by molar-refractivity contribution is -0.311. The van der Waals surface area contributed by atoms with E-state index in [9.17, 15) is 0 Å². The smallest absolute Gasteiger partial charge is 0.0858 e. The minimum Gasteiger partial charge on any atom is -0.369 e. The Kier molecular flexibility index (Phi) is 3.46. The molecule has 0 aromatic carbocycles. The molecule has 6 rings (SSSR count). The predicted octanol–water partition coefficient (Wildman–Crippen LogP) is 5.28. The molecule has 29 heavy (non-hydrogen) atoms. The van der Waals surface area contributed by atoms with Gasteiger partial charge < -0.3 is 9.47 Å². The lowest BCUT2D eigenvalue weighted by atomic mass is 9.32. The van der Waals surface area contributed by atoms with Crippen LogP contribution in [0.3, 0.4) is 0 Å². The Hall–Kier alpha value is -1.64. The summed E-state index contributed by atoms with van der Waals surface area (Å²) in [5.74, 6) is 3.93. The van der Waals surface area contributed by atoms with E-state index in [0.717, 1.165) is 24.7 Å². The topological polar surface area (TPSA) is 18.5 Å². The number of ether oxygens (including phenoxy) is 2. The van der Waals surface area contributed by atoms with Crippen LogP contribution in [0.2, 0.25) is 0 Å². The van der Waals surface area contributed by atoms with Crippen molar-refractivity contribution in [1.82, 2.24) is 0 Å². The molecule has 0 N–H and O–H groups in total. The molecule has 0 amide bonds. The average Bonchev–Trinajstić information content (AvgIpc) is 3.28. The number of hydrogen-bond donors (Lipinski definition) is 0. The van der Waals surface area contributed by atoms with Crippen molar-refractivity contribution in [3.8, 4) is 0 Å². The molecule has 6 aliphatic rings. The van der Waals surface area contributed by atoms with Crippen molar-refractivity contribution in [2.75, 3.05) is 13.2 Å². The normalized spacial score (nSPS) is 55.7. The summed E-state index contributed by atoms with van der Waals surface area (Å²) in [5.41, 5.74) is -0.432. The summed E-state index contributed by atoms with van der Waals surface area (Å²) in [7, 11) is 0. The summed E-state index contributed by atoms with van der Waals surface area (Å²) in [4.78, 5) is 0. The van der Waals surface area contributed by atoms with Gasteiger partial charge in [-0.15, -0.1) is 26.3 Å². The molecule has 2 heteroatoms. The molecule has 0 radical (unpaired) electrons. The highest BCUT2D eigenvalue weighted by Crippen LogP contribution is 2.98. The molecule has 0 aliphatic heterocycles. The maximum absolute atomic E-state index is 6.90. The van der Waals surface area contributed by atoms with Gasteiger partial charge in [-0.2, -0.15) is 0 Å². The van der Waals surface area contributed by atoms with Gasteiger partial charge in [-0.3, -0.25) is 0 Å². The molecule has 0 heterocycles. The van der Waals surface area contributed by atoms with E-state index >= 15 is 0 Å². The molecule has 0 aromatic rings. The van der Waals surface area contributed by atoms with E-state index in [1.807, 2.05) is 12.2 Å². The van der Waals surface area contributed by atoms with E-state index in [1.54, 1.807) is 0 Å². The molecule has 5 saturated carbocycles. The fraction of sp³-hybridized carbons (Fsp3) is 0.556. The Balaban J connectivity index is 1.63. The molecule has 2 spiro atoms. The first-order valence-corrected chi connectivity index (χ1v) is 11.3. The first-order valence-electron chi connectivity index (χ1n) is 11.3. The zero-order valence-corrected chi connectivity index (χ0v) is 17.3.